The number of nitriles is 1. The van der Waals surface area contributed by atoms with Crippen LogP contribution in [0.5, 0.6) is 0 Å². The first-order chi connectivity index (χ1) is 10.7. The maximum Gasteiger partial charge on any atom is 0.0991 e. The number of anilines is 1. The van der Waals surface area contributed by atoms with E-state index >= 15 is 0 Å². The van der Waals surface area contributed by atoms with Crippen molar-refractivity contribution in [1.82, 2.24) is 14.7 Å². The molecule has 2 heterocycles. The lowest BCUT2D eigenvalue weighted by molar-refractivity contribution is 0.244. The number of hydrogen-bond donors (Lipinski definition) is 0. The molecule has 0 aliphatic carbocycles. The van der Waals surface area contributed by atoms with Crippen LogP contribution < -0.4 is 4.90 Å². The van der Waals surface area contributed by atoms with Crippen molar-refractivity contribution in [2.75, 3.05) is 37.6 Å². The molecule has 3 rings (SSSR count). The summed E-state index contributed by atoms with van der Waals surface area (Å²) in [5.74, 6) is 0. The molecule has 0 unspecified atom stereocenters. The van der Waals surface area contributed by atoms with Crippen LogP contribution in [0.1, 0.15) is 11.3 Å². The van der Waals surface area contributed by atoms with E-state index < -0.39 is 0 Å². The van der Waals surface area contributed by atoms with Crippen molar-refractivity contribution in [3.63, 3.8) is 0 Å². The zero-order valence-corrected chi connectivity index (χ0v) is 12.9. The molecule has 5 nitrogen and oxygen atoms in total. The average molecular weight is 295 g/mol. The highest BCUT2D eigenvalue weighted by Gasteiger charge is 2.16. The molecule has 0 amide bonds. The topological polar surface area (TPSA) is 48.1 Å². The highest BCUT2D eigenvalue weighted by molar-refractivity contribution is 5.50. The molecule has 0 N–H and O–H groups in total. The SMILES string of the molecule is Cc1ccn(CCN2CCN(c3ccc(C#N)cc3)CC2)n1. The van der Waals surface area contributed by atoms with Crippen molar-refractivity contribution in [2.24, 2.45) is 0 Å². The third-order valence-corrected chi connectivity index (χ3v) is 4.15. The summed E-state index contributed by atoms with van der Waals surface area (Å²) in [4.78, 5) is 4.87. The van der Waals surface area contributed by atoms with Crippen LogP contribution in [0.2, 0.25) is 0 Å². The molecule has 5 heteroatoms. The predicted molar refractivity (Wildman–Crippen MR) is 86.8 cm³/mol. The molecule has 22 heavy (non-hydrogen) atoms. The van der Waals surface area contributed by atoms with Crippen molar-refractivity contribution >= 4 is 5.69 Å². The van der Waals surface area contributed by atoms with E-state index in [1.54, 1.807) is 0 Å². The van der Waals surface area contributed by atoms with Gasteiger partial charge in [-0.1, -0.05) is 0 Å². The van der Waals surface area contributed by atoms with E-state index in [1.165, 1.54) is 5.69 Å². The number of hydrogen-bond acceptors (Lipinski definition) is 4. The molecule has 1 aliphatic rings. The molecule has 1 aliphatic heterocycles. The maximum atomic E-state index is 8.85. The summed E-state index contributed by atoms with van der Waals surface area (Å²) in [7, 11) is 0. The van der Waals surface area contributed by atoms with Crippen LogP contribution in [0.25, 0.3) is 0 Å². The summed E-state index contributed by atoms with van der Waals surface area (Å²) < 4.78 is 2.02. The molecule has 0 saturated carbocycles. The third kappa shape index (κ3) is 3.46. The van der Waals surface area contributed by atoms with E-state index in [9.17, 15) is 0 Å². The van der Waals surface area contributed by atoms with E-state index in [1.807, 2.05) is 48.1 Å². The Kier molecular flexibility index (Phi) is 4.40. The first-order valence-corrected chi connectivity index (χ1v) is 7.72. The van der Waals surface area contributed by atoms with E-state index in [-0.39, 0.29) is 0 Å². The normalized spacial score (nSPS) is 15.7. The first kappa shape index (κ1) is 14.6. The van der Waals surface area contributed by atoms with Crippen molar-refractivity contribution < 1.29 is 0 Å². The summed E-state index contributed by atoms with van der Waals surface area (Å²) in [6.07, 6.45) is 2.04. The van der Waals surface area contributed by atoms with Crippen LogP contribution in [-0.2, 0) is 6.54 Å². The standard InChI is InChI=1S/C17H21N5/c1-15-6-7-22(19-15)13-10-20-8-11-21(12-9-20)17-4-2-16(14-18)3-5-17/h2-7H,8-13H2,1H3. The molecule has 1 aromatic carbocycles. The molecular weight excluding hydrogens is 274 g/mol. The molecule has 0 bridgehead atoms. The van der Waals surface area contributed by atoms with Gasteiger partial charge < -0.3 is 4.90 Å². The van der Waals surface area contributed by atoms with Gasteiger partial charge in [-0.25, -0.2) is 0 Å². The summed E-state index contributed by atoms with van der Waals surface area (Å²) in [5.41, 5.74) is 3.00. The lowest BCUT2D eigenvalue weighted by Crippen LogP contribution is -2.47. The van der Waals surface area contributed by atoms with Crippen molar-refractivity contribution in [3.05, 3.63) is 47.8 Å². The summed E-state index contributed by atoms with van der Waals surface area (Å²) in [5, 5.41) is 13.3. The Labute approximate surface area is 131 Å². The predicted octanol–water partition coefficient (Wildman–Crippen LogP) is 1.89. The van der Waals surface area contributed by atoms with E-state index in [0.29, 0.717) is 0 Å². The number of aromatic nitrogens is 2. The minimum absolute atomic E-state index is 0.719. The number of rotatable bonds is 4. The summed E-state index contributed by atoms with van der Waals surface area (Å²) in [6.45, 7) is 8.22. The largest absolute Gasteiger partial charge is 0.369 e. The zero-order chi connectivity index (χ0) is 15.4. The molecule has 114 valence electrons. The van der Waals surface area contributed by atoms with Gasteiger partial charge in [-0.3, -0.25) is 9.58 Å². The monoisotopic (exact) mass is 295 g/mol. The summed E-state index contributed by atoms with van der Waals surface area (Å²) >= 11 is 0. The number of aryl methyl sites for hydroxylation is 1. The lowest BCUT2D eigenvalue weighted by atomic mass is 10.2. The van der Waals surface area contributed by atoms with Gasteiger partial charge in [0.15, 0.2) is 0 Å². The average Bonchev–Trinajstić information content (AvgIpc) is 2.99. The smallest absolute Gasteiger partial charge is 0.0991 e. The Hall–Kier alpha value is -2.32. The number of piperazine rings is 1. The quantitative estimate of drug-likeness (QED) is 0.864. The summed E-state index contributed by atoms with van der Waals surface area (Å²) in [6, 6.07) is 12.1. The Balaban J connectivity index is 1.48. The lowest BCUT2D eigenvalue weighted by Gasteiger charge is -2.36. The van der Waals surface area contributed by atoms with Crippen LogP contribution in [-0.4, -0.2) is 47.4 Å². The minimum atomic E-state index is 0.719. The van der Waals surface area contributed by atoms with Gasteiger partial charge in [0.25, 0.3) is 0 Å². The van der Waals surface area contributed by atoms with Crippen molar-refractivity contribution in [1.29, 1.82) is 5.26 Å². The second kappa shape index (κ2) is 6.63. The molecule has 1 saturated heterocycles. The van der Waals surface area contributed by atoms with Gasteiger partial charge in [0.1, 0.15) is 0 Å². The van der Waals surface area contributed by atoms with Gasteiger partial charge in [-0.15, -0.1) is 0 Å². The fourth-order valence-corrected chi connectivity index (χ4v) is 2.81. The minimum Gasteiger partial charge on any atom is -0.369 e. The van der Waals surface area contributed by atoms with Crippen molar-refractivity contribution in [2.45, 2.75) is 13.5 Å². The third-order valence-electron chi connectivity index (χ3n) is 4.15. The Morgan fingerprint density at radius 1 is 1.05 bits per heavy atom. The second-order valence-electron chi connectivity index (χ2n) is 5.71. The van der Waals surface area contributed by atoms with Crippen molar-refractivity contribution in [3.8, 4) is 6.07 Å². The van der Waals surface area contributed by atoms with Gasteiger partial charge in [-0.05, 0) is 37.3 Å². The number of nitrogens with zero attached hydrogens (tertiary/aromatic N) is 5. The van der Waals surface area contributed by atoms with E-state index in [4.69, 9.17) is 5.26 Å². The van der Waals surface area contributed by atoms with E-state index in [2.05, 4.69) is 21.0 Å². The Morgan fingerprint density at radius 2 is 1.77 bits per heavy atom. The van der Waals surface area contributed by atoms with Gasteiger partial charge in [-0.2, -0.15) is 10.4 Å². The fourth-order valence-electron chi connectivity index (χ4n) is 2.81. The highest BCUT2D eigenvalue weighted by Crippen LogP contribution is 2.17. The molecule has 1 aromatic heterocycles. The molecule has 0 radical (unpaired) electrons. The van der Waals surface area contributed by atoms with Gasteiger partial charge in [0.05, 0.1) is 23.9 Å². The van der Waals surface area contributed by atoms with Crippen LogP contribution in [0.4, 0.5) is 5.69 Å². The highest BCUT2D eigenvalue weighted by atomic mass is 15.3. The Bertz CT molecular complexity index is 644. The second-order valence-corrected chi connectivity index (χ2v) is 5.71. The van der Waals surface area contributed by atoms with Gasteiger partial charge >= 0.3 is 0 Å². The van der Waals surface area contributed by atoms with Crippen LogP contribution in [0, 0.1) is 18.3 Å². The van der Waals surface area contributed by atoms with Gasteiger partial charge in [0, 0.05) is 44.6 Å². The fraction of sp³-hybridized carbons (Fsp3) is 0.412. The molecule has 0 spiro atoms. The van der Waals surface area contributed by atoms with Crippen LogP contribution in [0.3, 0.4) is 0 Å². The molecule has 1 fully saturated rings. The Morgan fingerprint density at radius 3 is 2.36 bits per heavy atom. The first-order valence-electron chi connectivity index (χ1n) is 7.72. The number of benzene rings is 1. The van der Waals surface area contributed by atoms with Gasteiger partial charge in [0.2, 0.25) is 0 Å². The van der Waals surface area contributed by atoms with Crippen LogP contribution >= 0.6 is 0 Å². The maximum absolute atomic E-state index is 8.85. The zero-order valence-electron chi connectivity index (χ0n) is 12.9. The molecule has 2 aromatic rings. The van der Waals surface area contributed by atoms with E-state index in [0.717, 1.165) is 50.5 Å². The molecule has 0 atom stereocenters. The van der Waals surface area contributed by atoms with Crippen LogP contribution in [0.15, 0.2) is 36.5 Å². The molecular formula is C17H21N5.